The number of carbonyl (C=O) groups is 1. The molecule has 0 aromatic heterocycles. The number of benzene rings is 1. The first-order valence-corrected chi connectivity index (χ1v) is 6.56. The maximum atomic E-state index is 12.4. The van der Waals surface area contributed by atoms with Gasteiger partial charge < -0.3 is 4.90 Å². The second-order valence-electron chi connectivity index (χ2n) is 5.08. The lowest BCUT2D eigenvalue weighted by atomic mass is 10.0. The van der Waals surface area contributed by atoms with Crippen molar-refractivity contribution in [2.45, 2.75) is 46.1 Å². The summed E-state index contributed by atoms with van der Waals surface area (Å²) in [5.41, 5.74) is 2.42. The molecule has 17 heavy (non-hydrogen) atoms. The van der Waals surface area contributed by atoms with Crippen LogP contribution in [0, 0.1) is 5.92 Å². The van der Waals surface area contributed by atoms with Gasteiger partial charge in [0.1, 0.15) is 0 Å². The standard InChI is InChI=1S/C15H21NO/c1-4-7-11(2)15(17)16-12(3)10-13-8-5-6-9-14(13)16/h5-6,8-9,11-12H,4,7,10H2,1-3H3. The predicted molar refractivity (Wildman–Crippen MR) is 71.2 cm³/mol. The number of hydrogen-bond donors (Lipinski definition) is 0. The van der Waals surface area contributed by atoms with E-state index >= 15 is 0 Å². The van der Waals surface area contributed by atoms with Crippen LogP contribution in [0.1, 0.15) is 39.2 Å². The van der Waals surface area contributed by atoms with Gasteiger partial charge in [0.2, 0.25) is 5.91 Å². The Labute approximate surface area is 104 Å². The summed E-state index contributed by atoms with van der Waals surface area (Å²) in [4.78, 5) is 14.4. The lowest BCUT2D eigenvalue weighted by Crippen LogP contribution is -2.39. The smallest absolute Gasteiger partial charge is 0.230 e. The molecule has 1 aromatic carbocycles. The van der Waals surface area contributed by atoms with Crippen LogP contribution < -0.4 is 4.90 Å². The molecular formula is C15H21NO. The molecule has 1 heterocycles. The Morgan fingerprint density at radius 1 is 1.47 bits per heavy atom. The van der Waals surface area contributed by atoms with E-state index in [1.54, 1.807) is 0 Å². The molecule has 0 bridgehead atoms. The van der Waals surface area contributed by atoms with Crippen molar-refractivity contribution in [1.29, 1.82) is 0 Å². The molecule has 0 radical (unpaired) electrons. The third-order valence-electron chi connectivity index (χ3n) is 3.59. The van der Waals surface area contributed by atoms with Crippen molar-refractivity contribution in [3.8, 4) is 0 Å². The molecule has 2 heteroatoms. The SMILES string of the molecule is CCCC(C)C(=O)N1c2ccccc2CC1C. The van der Waals surface area contributed by atoms with E-state index in [-0.39, 0.29) is 11.8 Å². The van der Waals surface area contributed by atoms with Crippen LogP contribution in [0.2, 0.25) is 0 Å². The van der Waals surface area contributed by atoms with Gasteiger partial charge in [0.25, 0.3) is 0 Å². The minimum Gasteiger partial charge on any atom is -0.309 e. The number of amides is 1. The number of hydrogen-bond acceptors (Lipinski definition) is 1. The van der Waals surface area contributed by atoms with E-state index < -0.39 is 0 Å². The zero-order valence-electron chi connectivity index (χ0n) is 10.9. The Bertz CT molecular complexity index is 413. The van der Waals surface area contributed by atoms with E-state index in [2.05, 4.69) is 32.0 Å². The van der Waals surface area contributed by atoms with E-state index in [1.807, 2.05) is 17.9 Å². The van der Waals surface area contributed by atoms with Gasteiger partial charge in [-0.05, 0) is 31.4 Å². The van der Waals surface area contributed by atoms with Crippen molar-refractivity contribution in [1.82, 2.24) is 0 Å². The predicted octanol–water partition coefficient (Wildman–Crippen LogP) is 3.40. The van der Waals surface area contributed by atoms with Crippen molar-refractivity contribution in [3.05, 3.63) is 29.8 Å². The van der Waals surface area contributed by atoms with E-state index in [4.69, 9.17) is 0 Å². The first-order chi connectivity index (χ1) is 8.15. The maximum absolute atomic E-state index is 12.4. The first kappa shape index (κ1) is 12.2. The van der Waals surface area contributed by atoms with Crippen LogP contribution in [0.15, 0.2) is 24.3 Å². The van der Waals surface area contributed by atoms with Crippen LogP contribution in [0.5, 0.6) is 0 Å². The third kappa shape index (κ3) is 2.21. The van der Waals surface area contributed by atoms with Crippen molar-refractivity contribution >= 4 is 11.6 Å². The molecule has 0 N–H and O–H groups in total. The van der Waals surface area contributed by atoms with Crippen LogP contribution in [0.3, 0.4) is 0 Å². The molecule has 2 atom stereocenters. The largest absolute Gasteiger partial charge is 0.309 e. The zero-order chi connectivity index (χ0) is 12.4. The minimum absolute atomic E-state index is 0.133. The second kappa shape index (κ2) is 4.91. The number of anilines is 1. The Hall–Kier alpha value is -1.31. The number of fused-ring (bicyclic) bond motifs is 1. The molecule has 92 valence electrons. The van der Waals surface area contributed by atoms with Gasteiger partial charge in [0, 0.05) is 17.6 Å². The van der Waals surface area contributed by atoms with E-state index in [0.29, 0.717) is 6.04 Å². The highest BCUT2D eigenvalue weighted by Crippen LogP contribution is 2.33. The Balaban J connectivity index is 2.24. The highest BCUT2D eigenvalue weighted by atomic mass is 16.2. The van der Waals surface area contributed by atoms with E-state index in [9.17, 15) is 4.79 Å². The van der Waals surface area contributed by atoms with E-state index in [0.717, 1.165) is 24.9 Å². The fourth-order valence-corrected chi connectivity index (χ4v) is 2.70. The molecule has 1 aromatic rings. The Morgan fingerprint density at radius 3 is 2.88 bits per heavy atom. The van der Waals surface area contributed by atoms with Crippen molar-refractivity contribution in [3.63, 3.8) is 0 Å². The summed E-state index contributed by atoms with van der Waals surface area (Å²) in [7, 11) is 0. The molecule has 0 saturated carbocycles. The van der Waals surface area contributed by atoms with Crippen LogP contribution in [0.4, 0.5) is 5.69 Å². The molecule has 2 nitrogen and oxygen atoms in total. The lowest BCUT2D eigenvalue weighted by Gasteiger charge is -2.26. The van der Waals surface area contributed by atoms with Gasteiger partial charge in [0.15, 0.2) is 0 Å². The summed E-state index contributed by atoms with van der Waals surface area (Å²) in [6.07, 6.45) is 3.03. The van der Waals surface area contributed by atoms with Gasteiger partial charge in [-0.25, -0.2) is 0 Å². The molecule has 0 aliphatic carbocycles. The van der Waals surface area contributed by atoms with E-state index in [1.165, 1.54) is 5.56 Å². The molecule has 0 fully saturated rings. The summed E-state index contributed by atoms with van der Waals surface area (Å²) >= 11 is 0. The van der Waals surface area contributed by atoms with Crippen molar-refractivity contribution < 1.29 is 4.79 Å². The first-order valence-electron chi connectivity index (χ1n) is 6.56. The molecule has 2 unspecified atom stereocenters. The van der Waals surface area contributed by atoms with Crippen LogP contribution >= 0.6 is 0 Å². The Kier molecular flexibility index (Phi) is 3.51. The summed E-state index contributed by atoms with van der Waals surface area (Å²) < 4.78 is 0. The van der Waals surface area contributed by atoms with Gasteiger partial charge >= 0.3 is 0 Å². The van der Waals surface area contributed by atoms with Crippen molar-refractivity contribution in [2.75, 3.05) is 4.90 Å². The van der Waals surface area contributed by atoms with Gasteiger partial charge in [0.05, 0.1) is 0 Å². The molecule has 0 saturated heterocycles. The lowest BCUT2D eigenvalue weighted by molar-refractivity contribution is -0.122. The van der Waals surface area contributed by atoms with Crippen LogP contribution in [-0.4, -0.2) is 11.9 Å². The van der Waals surface area contributed by atoms with Gasteiger partial charge in [-0.2, -0.15) is 0 Å². The second-order valence-corrected chi connectivity index (χ2v) is 5.08. The minimum atomic E-state index is 0.133. The van der Waals surface area contributed by atoms with Gasteiger partial charge in [-0.1, -0.05) is 38.5 Å². The Morgan fingerprint density at radius 2 is 2.18 bits per heavy atom. The average molecular weight is 231 g/mol. The van der Waals surface area contributed by atoms with Crippen molar-refractivity contribution in [2.24, 2.45) is 5.92 Å². The molecule has 1 aliphatic rings. The summed E-state index contributed by atoms with van der Waals surface area (Å²) in [5, 5.41) is 0. The molecule has 0 spiro atoms. The number of para-hydroxylation sites is 1. The zero-order valence-corrected chi connectivity index (χ0v) is 10.9. The normalized spacial score (nSPS) is 20.2. The van der Waals surface area contributed by atoms with Gasteiger partial charge in [-0.15, -0.1) is 0 Å². The number of nitrogens with zero attached hydrogens (tertiary/aromatic N) is 1. The third-order valence-corrected chi connectivity index (χ3v) is 3.59. The van der Waals surface area contributed by atoms with Crippen LogP contribution in [0.25, 0.3) is 0 Å². The number of rotatable bonds is 3. The highest BCUT2D eigenvalue weighted by Gasteiger charge is 2.32. The summed E-state index contributed by atoms with van der Waals surface area (Å²) in [6, 6.07) is 8.56. The average Bonchev–Trinajstić information content (AvgIpc) is 2.64. The fraction of sp³-hybridized carbons (Fsp3) is 0.533. The fourth-order valence-electron chi connectivity index (χ4n) is 2.70. The molecular weight excluding hydrogens is 210 g/mol. The summed E-state index contributed by atoms with van der Waals surface area (Å²) in [5.74, 6) is 0.415. The van der Waals surface area contributed by atoms with Gasteiger partial charge in [-0.3, -0.25) is 4.79 Å². The quantitative estimate of drug-likeness (QED) is 0.780. The summed E-state index contributed by atoms with van der Waals surface area (Å²) in [6.45, 7) is 6.31. The monoisotopic (exact) mass is 231 g/mol. The topological polar surface area (TPSA) is 20.3 Å². The molecule has 1 amide bonds. The molecule has 2 rings (SSSR count). The number of carbonyl (C=O) groups excluding carboxylic acids is 1. The molecule has 1 aliphatic heterocycles. The van der Waals surface area contributed by atoms with Crippen LogP contribution in [-0.2, 0) is 11.2 Å². The maximum Gasteiger partial charge on any atom is 0.230 e. The highest BCUT2D eigenvalue weighted by molar-refractivity contribution is 5.97.